The van der Waals surface area contributed by atoms with E-state index in [0.717, 1.165) is 0 Å². The van der Waals surface area contributed by atoms with E-state index in [2.05, 4.69) is 144 Å². The Hall–Kier alpha value is -3.64. The molecule has 0 aromatic heterocycles. The van der Waals surface area contributed by atoms with E-state index < -0.39 is 0 Å². The molecule has 0 N–H and O–H groups in total. The zero-order valence-electron chi connectivity index (χ0n) is 21.0. The molecule has 0 bridgehead atoms. The first-order valence-corrected chi connectivity index (χ1v) is 12.2. The average Bonchev–Trinajstić information content (AvgIpc) is 2.87. The Labute approximate surface area is 205 Å². The number of hydrogen-bond acceptors (Lipinski definition) is 0. The van der Waals surface area contributed by atoms with Crippen molar-refractivity contribution < 1.29 is 0 Å². The zero-order valence-corrected chi connectivity index (χ0v) is 21.0. The minimum absolute atomic E-state index is 0.539. The maximum atomic E-state index is 2.32. The summed E-state index contributed by atoms with van der Waals surface area (Å²) in [5.41, 5.74) is 12.7. The summed E-state index contributed by atoms with van der Waals surface area (Å²) in [5.74, 6) is 0.539. The van der Waals surface area contributed by atoms with Crippen LogP contribution in [0.5, 0.6) is 0 Å². The van der Waals surface area contributed by atoms with E-state index >= 15 is 0 Å². The predicted molar refractivity (Wildman–Crippen MR) is 150 cm³/mol. The first-order chi connectivity index (χ1) is 16.5. The Balaban J connectivity index is 1.83. The van der Waals surface area contributed by atoms with Crippen molar-refractivity contribution in [2.75, 3.05) is 0 Å². The van der Waals surface area contributed by atoms with Gasteiger partial charge in [0.25, 0.3) is 0 Å². The summed E-state index contributed by atoms with van der Waals surface area (Å²) in [6.07, 6.45) is 6.47. The fraction of sp³-hybridized carbons (Fsp3) is 0.176. The van der Waals surface area contributed by atoms with Gasteiger partial charge in [-0.3, -0.25) is 0 Å². The summed E-state index contributed by atoms with van der Waals surface area (Å²) in [5, 5.41) is 0. The smallest absolute Gasteiger partial charge is 0.0171 e. The fourth-order valence-electron chi connectivity index (χ4n) is 4.68. The lowest BCUT2D eigenvalue weighted by molar-refractivity contribution is 0.857. The summed E-state index contributed by atoms with van der Waals surface area (Å²) in [7, 11) is 0. The van der Waals surface area contributed by atoms with Gasteiger partial charge < -0.3 is 0 Å². The molecule has 0 saturated carbocycles. The van der Waals surface area contributed by atoms with Gasteiger partial charge in [-0.05, 0) is 107 Å². The third-order valence-electron chi connectivity index (χ3n) is 6.45. The second-order valence-corrected chi connectivity index (χ2v) is 9.22. The number of hydrogen-bond donors (Lipinski definition) is 0. The molecule has 0 nitrogen and oxygen atoms in total. The highest BCUT2D eigenvalue weighted by molar-refractivity contribution is 5.84. The molecule has 0 fully saturated rings. The van der Waals surface area contributed by atoms with Crippen molar-refractivity contribution in [2.24, 2.45) is 0 Å². The van der Waals surface area contributed by atoms with E-state index in [0.29, 0.717) is 5.92 Å². The molecule has 4 aromatic carbocycles. The van der Waals surface area contributed by atoms with Crippen LogP contribution in [0, 0.1) is 6.92 Å². The molecule has 0 aliphatic heterocycles. The first kappa shape index (κ1) is 23.5. The molecule has 0 unspecified atom stereocenters. The largest absolute Gasteiger partial charge is 0.0871 e. The van der Waals surface area contributed by atoms with Crippen molar-refractivity contribution in [3.8, 4) is 33.4 Å². The van der Waals surface area contributed by atoms with E-state index in [1.807, 2.05) is 0 Å². The van der Waals surface area contributed by atoms with Crippen LogP contribution in [0.2, 0.25) is 0 Å². The number of rotatable bonds is 6. The molecule has 0 aliphatic rings. The van der Waals surface area contributed by atoms with Crippen molar-refractivity contribution in [3.05, 3.63) is 126 Å². The maximum absolute atomic E-state index is 2.32. The van der Waals surface area contributed by atoms with Gasteiger partial charge in [-0.2, -0.15) is 0 Å². The molecule has 0 atom stereocenters. The quantitative estimate of drug-likeness (QED) is 0.261. The molecule has 4 rings (SSSR count). The molecule has 4 aromatic rings. The van der Waals surface area contributed by atoms with Gasteiger partial charge in [0.1, 0.15) is 0 Å². The van der Waals surface area contributed by atoms with Gasteiger partial charge in [-0.1, -0.05) is 98.8 Å². The highest BCUT2D eigenvalue weighted by Crippen LogP contribution is 2.34. The number of aryl methyl sites for hydroxylation is 1. The van der Waals surface area contributed by atoms with Crippen LogP contribution < -0.4 is 0 Å². The SMILES string of the molecule is CC=CC(=CC)c1cc(-c2ccccc2)cc(-c2cccc(-c3ccc(C(C)C)c(C)c3)c2)c1. The van der Waals surface area contributed by atoms with Crippen LogP contribution in [0.15, 0.2) is 109 Å². The fourth-order valence-corrected chi connectivity index (χ4v) is 4.68. The first-order valence-electron chi connectivity index (χ1n) is 12.2. The van der Waals surface area contributed by atoms with E-state index in [-0.39, 0.29) is 0 Å². The standard InChI is InChI=1S/C34H34/c1-6-12-26(7-2)31-21-32(27-13-9-8-10-14-27)23-33(22-31)29-16-11-15-28(20-29)30-17-18-34(24(3)4)25(5)19-30/h6-24H,1-5H3. The summed E-state index contributed by atoms with van der Waals surface area (Å²) < 4.78 is 0. The van der Waals surface area contributed by atoms with E-state index in [9.17, 15) is 0 Å². The van der Waals surface area contributed by atoms with E-state index in [1.54, 1.807) is 0 Å². The lowest BCUT2D eigenvalue weighted by Gasteiger charge is -2.14. The zero-order chi connectivity index (χ0) is 24.1. The molecule has 34 heavy (non-hydrogen) atoms. The van der Waals surface area contributed by atoms with E-state index in [4.69, 9.17) is 0 Å². The molecule has 0 spiro atoms. The third-order valence-corrected chi connectivity index (χ3v) is 6.45. The molecule has 0 heteroatoms. The molecular formula is C34H34. The van der Waals surface area contributed by atoms with Gasteiger partial charge >= 0.3 is 0 Å². The maximum Gasteiger partial charge on any atom is -0.0171 e. The van der Waals surface area contributed by atoms with Gasteiger partial charge in [0, 0.05) is 0 Å². The number of allylic oxidation sites excluding steroid dienone is 4. The van der Waals surface area contributed by atoms with Crippen LogP contribution in [0.1, 0.15) is 50.3 Å². The minimum atomic E-state index is 0.539. The highest BCUT2D eigenvalue weighted by Gasteiger charge is 2.10. The molecule has 0 saturated heterocycles. The normalized spacial score (nSPS) is 12.0. The molecule has 0 aliphatic carbocycles. The van der Waals surface area contributed by atoms with Crippen LogP contribution >= 0.6 is 0 Å². The van der Waals surface area contributed by atoms with Crippen LogP contribution in [0.25, 0.3) is 39.0 Å². The second kappa shape index (κ2) is 10.5. The van der Waals surface area contributed by atoms with Crippen molar-refractivity contribution in [1.82, 2.24) is 0 Å². The van der Waals surface area contributed by atoms with Gasteiger partial charge in [0.05, 0.1) is 0 Å². The summed E-state index contributed by atoms with van der Waals surface area (Å²) >= 11 is 0. The Morgan fingerprint density at radius 1 is 0.618 bits per heavy atom. The third kappa shape index (κ3) is 5.13. The molecule has 0 radical (unpaired) electrons. The Bertz CT molecular complexity index is 1330. The van der Waals surface area contributed by atoms with Gasteiger partial charge in [0.2, 0.25) is 0 Å². The monoisotopic (exact) mass is 442 g/mol. The second-order valence-electron chi connectivity index (χ2n) is 9.22. The summed E-state index contributed by atoms with van der Waals surface area (Å²) in [6.45, 7) is 10.9. The van der Waals surface area contributed by atoms with Crippen LogP contribution in [0.4, 0.5) is 0 Å². The summed E-state index contributed by atoms with van der Waals surface area (Å²) in [6, 6.07) is 33.4. The minimum Gasteiger partial charge on any atom is -0.0871 e. The lowest BCUT2D eigenvalue weighted by Crippen LogP contribution is -1.92. The van der Waals surface area contributed by atoms with Crippen LogP contribution in [-0.4, -0.2) is 0 Å². The van der Waals surface area contributed by atoms with Crippen molar-refractivity contribution in [2.45, 2.75) is 40.5 Å². The average molecular weight is 443 g/mol. The topological polar surface area (TPSA) is 0 Å². The highest BCUT2D eigenvalue weighted by atomic mass is 14.1. The molecule has 0 amide bonds. The Morgan fingerprint density at radius 3 is 1.82 bits per heavy atom. The van der Waals surface area contributed by atoms with Crippen molar-refractivity contribution in [1.29, 1.82) is 0 Å². The lowest BCUT2D eigenvalue weighted by atomic mass is 9.90. The Morgan fingerprint density at radius 2 is 1.21 bits per heavy atom. The molecule has 0 heterocycles. The van der Waals surface area contributed by atoms with E-state index in [1.165, 1.54) is 55.6 Å². The molecule has 170 valence electrons. The Kier molecular flexibility index (Phi) is 7.28. The van der Waals surface area contributed by atoms with Crippen LogP contribution in [0.3, 0.4) is 0 Å². The van der Waals surface area contributed by atoms with Crippen molar-refractivity contribution in [3.63, 3.8) is 0 Å². The predicted octanol–water partition coefficient (Wildman–Crippen LogP) is 10.1. The number of benzene rings is 4. The van der Waals surface area contributed by atoms with Crippen LogP contribution in [-0.2, 0) is 0 Å². The van der Waals surface area contributed by atoms with Gasteiger partial charge in [-0.25, -0.2) is 0 Å². The molecular weight excluding hydrogens is 408 g/mol. The van der Waals surface area contributed by atoms with Crippen molar-refractivity contribution >= 4 is 5.57 Å². The summed E-state index contributed by atoms with van der Waals surface area (Å²) in [4.78, 5) is 0. The van der Waals surface area contributed by atoms with Gasteiger partial charge in [0.15, 0.2) is 0 Å². The van der Waals surface area contributed by atoms with Gasteiger partial charge in [-0.15, -0.1) is 0 Å².